The lowest BCUT2D eigenvalue weighted by atomic mass is 10.1. The standard InChI is InChI=1S/C19H16F2N2O3/c1-12-6-8-13(9-7-12)15-10-17(26-23-15)18(24)22-11-14-4-2-3-5-16(14)25-19(20)21/h2-10,19H,11H2,1H3,(H,22,24). The van der Waals surface area contributed by atoms with Gasteiger partial charge in [-0.2, -0.15) is 8.78 Å². The zero-order valence-corrected chi connectivity index (χ0v) is 13.9. The van der Waals surface area contributed by atoms with E-state index in [1.165, 1.54) is 12.1 Å². The second-order valence-corrected chi connectivity index (χ2v) is 5.61. The van der Waals surface area contributed by atoms with E-state index in [1.54, 1.807) is 18.2 Å². The Morgan fingerprint density at radius 2 is 1.92 bits per heavy atom. The Morgan fingerprint density at radius 3 is 2.65 bits per heavy atom. The minimum absolute atomic E-state index is 0.0146. The second-order valence-electron chi connectivity index (χ2n) is 5.61. The Morgan fingerprint density at radius 1 is 1.19 bits per heavy atom. The fourth-order valence-corrected chi connectivity index (χ4v) is 2.37. The molecule has 0 spiro atoms. The second kappa shape index (κ2) is 7.77. The normalized spacial score (nSPS) is 10.8. The number of carbonyl (C=O) groups excluding carboxylic acids is 1. The molecule has 0 aliphatic heterocycles. The van der Waals surface area contributed by atoms with Gasteiger partial charge in [0.05, 0.1) is 0 Å². The van der Waals surface area contributed by atoms with Crippen molar-refractivity contribution in [2.24, 2.45) is 0 Å². The van der Waals surface area contributed by atoms with Crippen LogP contribution in [-0.4, -0.2) is 17.7 Å². The molecular formula is C19H16F2N2O3. The molecule has 1 N–H and O–H groups in total. The summed E-state index contributed by atoms with van der Waals surface area (Å²) in [7, 11) is 0. The number of ether oxygens (including phenoxy) is 1. The summed E-state index contributed by atoms with van der Waals surface area (Å²) in [6.45, 7) is -0.943. The Hall–Kier alpha value is -3.22. The summed E-state index contributed by atoms with van der Waals surface area (Å²) in [5.41, 5.74) is 2.91. The first-order valence-electron chi connectivity index (χ1n) is 7.87. The van der Waals surface area contributed by atoms with Gasteiger partial charge in [-0.25, -0.2) is 0 Å². The summed E-state index contributed by atoms with van der Waals surface area (Å²) in [5.74, 6) is -0.448. The Bertz CT molecular complexity index is 892. The third-order valence-corrected chi connectivity index (χ3v) is 3.71. The van der Waals surface area contributed by atoms with Crippen molar-refractivity contribution in [3.8, 4) is 17.0 Å². The molecule has 3 rings (SSSR count). The average Bonchev–Trinajstić information content (AvgIpc) is 3.11. The first-order valence-corrected chi connectivity index (χ1v) is 7.87. The Balaban J connectivity index is 1.67. The number of amides is 1. The number of hydrogen-bond acceptors (Lipinski definition) is 4. The van der Waals surface area contributed by atoms with Crippen molar-refractivity contribution in [3.63, 3.8) is 0 Å². The molecule has 26 heavy (non-hydrogen) atoms. The topological polar surface area (TPSA) is 64.4 Å². The van der Waals surface area contributed by atoms with Gasteiger partial charge in [0, 0.05) is 23.7 Å². The van der Waals surface area contributed by atoms with Crippen LogP contribution >= 0.6 is 0 Å². The summed E-state index contributed by atoms with van der Waals surface area (Å²) in [6.07, 6.45) is 0. The highest BCUT2D eigenvalue weighted by Gasteiger charge is 2.15. The molecule has 0 atom stereocenters. The minimum atomic E-state index is -2.93. The van der Waals surface area contributed by atoms with Crippen molar-refractivity contribution in [1.82, 2.24) is 10.5 Å². The number of halogens is 2. The fourth-order valence-electron chi connectivity index (χ4n) is 2.37. The van der Waals surface area contributed by atoms with Crippen molar-refractivity contribution in [2.75, 3.05) is 0 Å². The van der Waals surface area contributed by atoms with E-state index in [2.05, 4.69) is 15.2 Å². The number of rotatable bonds is 6. The predicted octanol–water partition coefficient (Wildman–Crippen LogP) is 4.18. The third-order valence-electron chi connectivity index (χ3n) is 3.71. The molecule has 0 radical (unpaired) electrons. The lowest BCUT2D eigenvalue weighted by molar-refractivity contribution is -0.0504. The van der Waals surface area contributed by atoms with Crippen LogP contribution in [-0.2, 0) is 6.54 Å². The summed E-state index contributed by atoms with van der Waals surface area (Å²) in [6, 6.07) is 15.4. The summed E-state index contributed by atoms with van der Waals surface area (Å²) in [4.78, 5) is 12.2. The number of carbonyl (C=O) groups is 1. The molecule has 0 unspecified atom stereocenters. The zero-order valence-electron chi connectivity index (χ0n) is 13.9. The molecule has 1 aromatic heterocycles. The maximum atomic E-state index is 12.4. The van der Waals surface area contributed by atoms with Crippen LogP contribution in [0.4, 0.5) is 8.78 Å². The average molecular weight is 358 g/mol. The molecule has 134 valence electrons. The van der Waals surface area contributed by atoms with Gasteiger partial charge in [0.15, 0.2) is 0 Å². The van der Waals surface area contributed by atoms with Crippen LogP contribution in [0.25, 0.3) is 11.3 Å². The fraction of sp³-hybridized carbons (Fsp3) is 0.158. The lowest BCUT2D eigenvalue weighted by Crippen LogP contribution is -2.22. The molecule has 0 bridgehead atoms. The van der Waals surface area contributed by atoms with E-state index >= 15 is 0 Å². The first-order chi connectivity index (χ1) is 12.5. The van der Waals surface area contributed by atoms with Crippen molar-refractivity contribution >= 4 is 5.91 Å². The smallest absolute Gasteiger partial charge is 0.387 e. The van der Waals surface area contributed by atoms with Gasteiger partial charge in [-0.05, 0) is 13.0 Å². The molecule has 0 saturated carbocycles. The SMILES string of the molecule is Cc1ccc(-c2cc(C(=O)NCc3ccccc3OC(F)F)on2)cc1. The van der Waals surface area contributed by atoms with E-state index in [4.69, 9.17) is 4.52 Å². The number of nitrogens with one attached hydrogen (secondary N) is 1. The van der Waals surface area contributed by atoms with Crippen LogP contribution in [0.1, 0.15) is 21.7 Å². The van der Waals surface area contributed by atoms with E-state index < -0.39 is 12.5 Å². The van der Waals surface area contributed by atoms with Gasteiger partial charge in [0.25, 0.3) is 5.91 Å². The quantitative estimate of drug-likeness (QED) is 0.718. The molecule has 0 aliphatic carbocycles. The molecule has 2 aromatic carbocycles. The van der Waals surface area contributed by atoms with Crippen LogP contribution in [0, 0.1) is 6.92 Å². The van der Waals surface area contributed by atoms with Gasteiger partial charge in [0.1, 0.15) is 11.4 Å². The molecule has 0 saturated heterocycles. The first kappa shape index (κ1) is 17.6. The van der Waals surface area contributed by atoms with E-state index in [0.29, 0.717) is 11.3 Å². The number of para-hydroxylation sites is 1. The third kappa shape index (κ3) is 4.24. The van der Waals surface area contributed by atoms with Crippen LogP contribution in [0.5, 0.6) is 5.75 Å². The maximum Gasteiger partial charge on any atom is 0.387 e. The van der Waals surface area contributed by atoms with Gasteiger partial charge < -0.3 is 14.6 Å². The number of hydrogen-bond donors (Lipinski definition) is 1. The maximum absolute atomic E-state index is 12.4. The molecule has 0 fully saturated rings. The largest absolute Gasteiger partial charge is 0.434 e. The molecular weight excluding hydrogens is 342 g/mol. The monoisotopic (exact) mass is 358 g/mol. The van der Waals surface area contributed by atoms with Crippen molar-refractivity contribution < 1.29 is 22.8 Å². The van der Waals surface area contributed by atoms with Crippen molar-refractivity contribution in [3.05, 3.63) is 71.5 Å². The number of aryl methyl sites for hydroxylation is 1. The predicted molar refractivity (Wildman–Crippen MR) is 90.9 cm³/mol. The highest BCUT2D eigenvalue weighted by atomic mass is 19.3. The van der Waals surface area contributed by atoms with E-state index in [-0.39, 0.29) is 18.1 Å². The summed E-state index contributed by atoms with van der Waals surface area (Å²) in [5, 5.41) is 6.49. The van der Waals surface area contributed by atoms with E-state index in [0.717, 1.165) is 11.1 Å². The highest BCUT2D eigenvalue weighted by molar-refractivity contribution is 5.92. The van der Waals surface area contributed by atoms with Crippen LogP contribution in [0.2, 0.25) is 0 Å². The van der Waals surface area contributed by atoms with E-state index in [1.807, 2.05) is 31.2 Å². The van der Waals surface area contributed by atoms with Gasteiger partial charge in [-0.15, -0.1) is 0 Å². The minimum Gasteiger partial charge on any atom is -0.434 e. The number of benzene rings is 2. The van der Waals surface area contributed by atoms with Crippen LogP contribution in [0.15, 0.2) is 59.1 Å². The van der Waals surface area contributed by atoms with Crippen LogP contribution in [0.3, 0.4) is 0 Å². The summed E-state index contributed by atoms with van der Waals surface area (Å²) >= 11 is 0. The Kier molecular flexibility index (Phi) is 5.26. The number of alkyl halides is 2. The molecule has 0 aliphatic rings. The highest BCUT2D eigenvalue weighted by Crippen LogP contribution is 2.21. The van der Waals surface area contributed by atoms with Gasteiger partial charge in [-0.1, -0.05) is 53.2 Å². The van der Waals surface area contributed by atoms with Gasteiger partial charge >= 0.3 is 6.61 Å². The van der Waals surface area contributed by atoms with Gasteiger partial charge in [0.2, 0.25) is 5.76 Å². The van der Waals surface area contributed by atoms with Crippen molar-refractivity contribution in [2.45, 2.75) is 20.1 Å². The molecule has 3 aromatic rings. The van der Waals surface area contributed by atoms with Gasteiger partial charge in [-0.3, -0.25) is 4.79 Å². The molecule has 1 heterocycles. The molecule has 1 amide bonds. The van der Waals surface area contributed by atoms with E-state index in [9.17, 15) is 13.6 Å². The zero-order chi connectivity index (χ0) is 18.5. The molecule has 7 heteroatoms. The number of aromatic nitrogens is 1. The van der Waals surface area contributed by atoms with Crippen LogP contribution < -0.4 is 10.1 Å². The van der Waals surface area contributed by atoms with Crippen molar-refractivity contribution in [1.29, 1.82) is 0 Å². The summed E-state index contributed by atoms with van der Waals surface area (Å²) < 4.78 is 34.4. The number of nitrogens with zero attached hydrogens (tertiary/aromatic N) is 1. The molecule has 5 nitrogen and oxygen atoms in total. The lowest BCUT2D eigenvalue weighted by Gasteiger charge is -2.10. The Labute approximate surface area is 148 Å².